The Morgan fingerprint density at radius 3 is 1.76 bits per heavy atom. The minimum atomic E-state index is -4.16. The molecule has 0 aliphatic carbocycles. The maximum absolute atomic E-state index is 11.8. The molecule has 9 heteroatoms. The maximum Gasteiger partial charge on any atom is 0.397 e. The van der Waals surface area contributed by atoms with Crippen molar-refractivity contribution in [1.29, 1.82) is 0 Å². The summed E-state index contributed by atoms with van der Waals surface area (Å²) in [6.07, 6.45) is 20.4. The highest BCUT2D eigenvalue weighted by Crippen LogP contribution is 2.11. The van der Waals surface area contributed by atoms with Gasteiger partial charge in [0.1, 0.15) is 6.23 Å². The first-order valence-electron chi connectivity index (χ1n) is 12.3. The summed E-state index contributed by atoms with van der Waals surface area (Å²) in [5.74, 6) is -0.173. The highest BCUT2D eigenvalue weighted by molar-refractivity contribution is 7.80. The first kappa shape index (κ1) is 34.2. The molecule has 0 radical (unpaired) electrons. The van der Waals surface area contributed by atoms with Crippen molar-refractivity contribution >= 4 is 16.4 Å². The molecular weight excluding hydrogens is 446 g/mol. The van der Waals surface area contributed by atoms with E-state index in [2.05, 4.69) is 23.3 Å². The van der Waals surface area contributed by atoms with Crippen LogP contribution in [0, 0.1) is 0 Å². The van der Waals surface area contributed by atoms with Crippen LogP contribution >= 0.6 is 0 Å². The summed E-state index contributed by atoms with van der Waals surface area (Å²) in [6, 6.07) is 0. The van der Waals surface area contributed by atoms with Gasteiger partial charge in [0.15, 0.2) is 6.23 Å². The highest BCUT2D eigenvalue weighted by atomic mass is 32.3. The second-order valence-electron chi connectivity index (χ2n) is 8.32. The van der Waals surface area contributed by atoms with Gasteiger partial charge in [-0.1, -0.05) is 70.4 Å². The summed E-state index contributed by atoms with van der Waals surface area (Å²) < 4.78 is 35.0. The van der Waals surface area contributed by atoms with Crippen LogP contribution in [0.1, 0.15) is 111 Å². The SMILES string of the molecule is CCCCCCCC/C=C\CCCCCCCC(=O)OC(C)N(C)C(C)O.COS(=O)(=O)O. The minimum Gasteiger partial charge on any atom is -0.447 e. The van der Waals surface area contributed by atoms with Crippen molar-refractivity contribution in [1.82, 2.24) is 4.90 Å². The number of carbonyl (C=O) groups excluding carboxylic acids is 1. The van der Waals surface area contributed by atoms with Crippen LogP contribution in [0.4, 0.5) is 0 Å². The van der Waals surface area contributed by atoms with Gasteiger partial charge in [-0.25, -0.2) is 4.90 Å². The number of allylic oxidation sites excluding steroid dienone is 2. The molecule has 0 aromatic carbocycles. The fourth-order valence-electron chi connectivity index (χ4n) is 2.98. The summed E-state index contributed by atoms with van der Waals surface area (Å²) in [6.45, 7) is 5.70. The zero-order chi connectivity index (χ0) is 25.5. The minimum absolute atomic E-state index is 0.173. The molecule has 0 heterocycles. The second-order valence-corrected chi connectivity index (χ2v) is 9.50. The Hall–Kier alpha value is -1.00. The van der Waals surface area contributed by atoms with Crippen molar-refractivity contribution in [2.24, 2.45) is 0 Å². The van der Waals surface area contributed by atoms with E-state index in [-0.39, 0.29) is 12.2 Å². The Kier molecular flexibility index (Phi) is 23.6. The van der Waals surface area contributed by atoms with E-state index < -0.39 is 16.6 Å². The lowest BCUT2D eigenvalue weighted by Gasteiger charge is -2.26. The van der Waals surface area contributed by atoms with Crippen molar-refractivity contribution in [2.75, 3.05) is 14.2 Å². The lowest BCUT2D eigenvalue weighted by Crippen LogP contribution is -2.39. The number of aliphatic hydroxyl groups is 1. The molecule has 0 bridgehead atoms. The third kappa shape index (κ3) is 27.1. The zero-order valence-corrected chi connectivity index (χ0v) is 22.3. The third-order valence-electron chi connectivity index (χ3n) is 5.32. The molecule has 0 saturated heterocycles. The van der Waals surface area contributed by atoms with E-state index in [1.54, 1.807) is 25.8 Å². The van der Waals surface area contributed by atoms with Crippen LogP contribution in [0.2, 0.25) is 0 Å². The molecule has 33 heavy (non-hydrogen) atoms. The van der Waals surface area contributed by atoms with E-state index >= 15 is 0 Å². The van der Waals surface area contributed by atoms with Gasteiger partial charge in [-0.15, -0.1) is 0 Å². The van der Waals surface area contributed by atoms with Crippen molar-refractivity contribution in [3.63, 3.8) is 0 Å². The van der Waals surface area contributed by atoms with Crippen LogP contribution < -0.4 is 0 Å². The number of hydrogen-bond acceptors (Lipinski definition) is 7. The maximum atomic E-state index is 11.8. The van der Waals surface area contributed by atoms with E-state index in [4.69, 9.17) is 9.29 Å². The van der Waals surface area contributed by atoms with Gasteiger partial charge in [-0.2, -0.15) is 8.42 Å². The highest BCUT2D eigenvalue weighted by Gasteiger charge is 2.17. The molecule has 0 fully saturated rings. The summed E-state index contributed by atoms with van der Waals surface area (Å²) in [5.41, 5.74) is 0. The Labute approximate surface area is 202 Å². The summed E-state index contributed by atoms with van der Waals surface area (Å²) >= 11 is 0. The molecule has 0 aromatic heterocycles. The lowest BCUT2D eigenvalue weighted by molar-refractivity contribution is -0.164. The average molecular weight is 496 g/mol. The number of ether oxygens (including phenoxy) is 1. The molecule has 0 aliphatic heterocycles. The van der Waals surface area contributed by atoms with Gasteiger partial charge in [0.2, 0.25) is 0 Å². The molecule has 0 rings (SSSR count). The normalized spacial score (nSPS) is 13.6. The quantitative estimate of drug-likeness (QED) is 0.0780. The zero-order valence-electron chi connectivity index (χ0n) is 21.5. The van der Waals surface area contributed by atoms with Gasteiger partial charge in [0.05, 0.1) is 7.11 Å². The predicted molar refractivity (Wildman–Crippen MR) is 133 cm³/mol. The fraction of sp³-hybridized carbons (Fsp3) is 0.875. The number of carbonyl (C=O) groups is 1. The van der Waals surface area contributed by atoms with Gasteiger partial charge < -0.3 is 9.84 Å². The molecule has 0 saturated carbocycles. The summed E-state index contributed by atoms with van der Waals surface area (Å²) in [4.78, 5) is 13.4. The third-order valence-corrected chi connectivity index (χ3v) is 5.74. The molecule has 198 valence electrons. The number of hydrogen-bond donors (Lipinski definition) is 2. The Morgan fingerprint density at radius 1 is 0.909 bits per heavy atom. The van der Waals surface area contributed by atoms with Gasteiger partial charge in [-0.05, 0) is 53.0 Å². The monoisotopic (exact) mass is 495 g/mol. The molecule has 2 N–H and O–H groups in total. The average Bonchev–Trinajstić information content (AvgIpc) is 2.75. The fourth-order valence-corrected chi connectivity index (χ4v) is 2.98. The summed E-state index contributed by atoms with van der Waals surface area (Å²) in [5, 5.41) is 9.45. The van der Waals surface area contributed by atoms with E-state index in [1.165, 1.54) is 70.6 Å². The Balaban J connectivity index is 0. The molecule has 0 aromatic rings. The number of esters is 1. The van der Waals surface area contributed by atoms with Crippen LogP contribution in [-0.4, -0.2) is 55.6 Å². The van der Waals surface area contributed by atoms with Gasteiger partial charge in [0, 0.05) is 6.42 Å². The van der Waals surface area contributed by atoms with Crippen LogP contribution in [0.15, 0.2) is 12.2 Å². The molecular formula is C24H49NO7S. The lowest BCUT2D eigenvalue weighted by atomic mass is 10.1. The number of unbranched alkanes of at least 4 members (excludes halogenated alkanes) is 11. The van der Waals surface area contributed by atoms with Crippen LogP contribution in [-0.2, 0) is 24.1 Å². The van der Waals surface area contributed by atoms with E-state index in [9.17, 15) is 18.3 Å². The predicted octanol–water partition coefficient (Wildman–Crippen LogP) is 5.62. The Bertz CT molecular complexity index is 579. The summed E-state index contributed by atoms with van der Waals surface area (Å²) in [7, 11) is -1.55. The molecule has 0 amide bonds. The van der Waals surface area contributed by atoms with Crippen molar-refractivity contribution in [3.8, 4) is 0 Å². The second kappa shape index (κ2) is 22.8. The van der Waals surface area contributed by atoms with Gasteiger partial charge in [0.25, 0.3) is 0 Å². The van der Waals surface area contributed by atoms with Crippen LogP contribution in [0.3, 0.4) is 0 Å². The van der Waals surface area contributed by atoms with Crippen molar-refractivity contribution in [2.45, 2.75) is 123 Å². The van der Waals surface area contributed by atoms with Crippen molar-refractivity contribution < 1.29 is 31.8 Å². The molecule has 2 unspecified atom stereocenters. The molecule has 2 atom stereocenters. The smallest absolute Gasteiger partial charge is 0.397 e. The van der Waals surface area contributed by atoms with Gasteiger partial charge >= 0.3 is 16.4 Å². The number of nitrogens with zero attached hydrogens (tertiary/aromatic N) is 1. The molecule has 0 aliphatic rings. The number of rotatable bonds is 19. The topological polar surface area (TPSA) is 113 Å². The van der Waals surface area contributed by atoms with Gasteiger partial charge in [-0.3, -0.25) is 13.5 Å². The van der Waals surface area contributed by atoms with Crippen LogP contribution in [0.5, 0.6) is 0 Å². The van der Waals surface area contributed by atoms with Crippen molar-refractivity contribution in [3.05, 3.63) is 12.2 Å². The largest absolute Gasteiger partial charge is 0.447 e. The first-order chi connectivity index (χ1) is 15.5. The first-order valence-corrected chi connectivity index (χ1v) is 13.7. The van der Waals surface area contributed by atoms with E-state index in [0.717, 1.165) is 20.0 Å². The standard InChI is InChI=1S/C23H45NO3.CH4O4S/c1-5-6-7-8-9-10-11-12-13-14-15-16-17-18-19-20-23(26)27-22(3)24(4)21(2)25;1-5-6(2,3)4/h12-13,21-22,25H,5-11,14-20H2,1-4H3;1H3,(H,2,3,4)/b13-12-;. The van der Waals surface area contributed by atoms with Crippen LogP contribution in [0.25, 0.3) is 0 Å². The molecule has 0 spiro atoms. The van der Waals surface area contributed by atoms with E-state index in [1.807, 2.05) is 0 Å². The number of aliphatic hydroxyl groups excluding tert-OH is 1. The molecule has 8 nitrogen and oxygen atoms in total. The Morgan fingerprint density at radius 2 is 1.33 bits per heavy atom. The van der Waals surface area contributed by atoms with E-state index in [0.29, 0.717) is 6.42 Å².